The van der Waals surface area contributed by atoms with Gasteiger partial charge in [0.15, 0.2) is 4.98 Å². The summed E-state index contributed by atoms with van der Waals surface area (Å²) in [6.07, 6.45) is 0. The van der Waals surface area contributed by atoms with Crippen LogP contribution in [-0.2, 0) is 10.0 Å². The van der Waals surface area contributed by atoms with Gasteiger partial charge in [0, 0.05) is 21.4 Å². The summed E-state index contributed by atoms with van der Waals surface area (Å²) in [5.74, 6) is 0. The highest BCUT2D eigenvalue weighted by Crippen LogP contribution is 2.38. The predicted octanol–water partition coefficient (Wildman–Crippen LogP) is 6.05. The molecule has 0 aromatic heterocycles. The Morgan fingerprint density at radius 1 is 0.893 bits per heavy atom. The van der Waals surface area contributed by atoms with Crippen molar-refractivity contribution < 1.29 is 8.42 Å². The van der Waals surface area contributed by atoms with E-state index in [2.05, 4.69) is 9.70 Å². The van der Waals surface area contributed by atoms with E-state index in [1.54, 1.807) is 42.5 Å². The third-order valence-electron chi connectivity index (χ3n) is 4.28. The molecule has 0 amide bonds. The Hall–Kier alpha value is -2.82. The number of aryl methyl sites for hydroxylation is 3. The average Bonchev–Trinajstić information content (AvgIpc) is 2.66. The van der Waals surface area contributed by atoms with Crippen LogP contribution in [0.4, 0.5) is 11.4 Å². The molecule has 5 nitrogen and oxygen atoms in total. The number of diazo groups is 1. The molecule has 0 unspecified atom stereocenters. The number of nitrogens with one attached hydrogen (secondary N) is 1. The molecule has 0 bridgehead atoms. The molecule has 7 heteroatoms. The highest BCUT2D eigenvalue weighted by atomic mass is 32.2. The van der Waals surface area contributed by atoms with Crippen molar-refractivity contribution in [3.8, 4) is 0 Å². The Morgan fingerprint density at radius 3 is 2.25 bits per heavy atom. The molecule has 3 aromatic carbocycles. The maximum absolute atomic E-state index is 12.8. The van der Waals surface area contributed by atoms with Gasteiger partial charge >= 0.3 is 5.69 Å². The lowest BCUT2D eigenvalue weighted by molar-refractivity contribution is 0.601. The van der Waals surface area contributed by atoms with Crippen LogP contribution in [-0.4, -0.2) is 8.42 Å². The zero-order valence-corrected chi connectivity index (χ0v) is 17.4. The van der Waals surface area contributed by atoms with Crippen LogP contribution in [0.2, 0.25) is 0 Å². The number of rotatable bonds is 5. The van der Waals surface area contributed by atoms with Gasteiger partial charge in [-0.15, -0.1) is 0 Å². The quantitative estimate of drug-likeness (QED) is 0.520. The number of nitrogens with zero attached hydrogens (tertiary/aromatic N) is 2. The van der Waals surface area contributed by atoms with E-state index in [1.807, 2.05) is 39.0 Å². The van der Waals surface area contributed by atoms with Gasteiger partial charge in [-0.2, -0.15) is 0 Å². The average molecular weight is 411 g/mol. The Morgan fingerprint density at radius 2 is 1.57 bits per heavy atom. The lowest BCUT2D eigenvalue weighted by Gasteiger charge is -2.13. The van der Waals surface area contributed by atoms with Crippen molar-refractivity contribution in [1.29, 1.82) is 5.39 Å². The number of sulfonamides is 1. The van der Waals surface area contributed by atoms with E-state index < -0.39 is 10.0 Å². The van der Waals surface area contributed by atoms with Crippen LogP contribution in [0.15, 0.2) is 75.4 Å². The first-order valence-electron chi connectivity index (χ1n) is 8.63. The number of benzene rings is 3. The molecule has 3 aromatic rings. The molecular weight excluding hydrogens is 390 g/mol. The van der Waals surface area contributed by atoms with Crippen molar-refractivity contribution in [3.05, 3.63) is 82.3 Å². The van der Waals surface area contributed by atoms with Crippen molar-refractivity contribution in [1.82, 2.24) is 0 Å². The minimum Gasteiger partial charge on any atom is -0.278 e. The van der Waals surface area contributed by atoms with Gasteiger partial charge in [0.25, 0.3) is 10.0 Å². The summed E-state index contributed by atoms with van der Waals surface area (Å²) >= 11 is 1.46. The molecule has 0 aliphatic carbocycles. The molecule has 0 heterocycles. The Labute approximate surface area is 169 Å². The molecular formula is C21H20N3O2S2+. The van der Waals surface area contributed by atoms with E-state index >= 15 is 0 Å². The molecule has 0 radical (unpaired) electrons. The van der Waals surface area contributed by atoms with Gasteiger partial charge in [0.2, 0.25) is 5.39 Å². The molecule has 142 valence electrons. The fraction of sp³-hybridized carbons (Fsp3) is 0.143. The Bertz CT molecular complexity index is 1170. The Balaban J connectivity index is 1.93. The first kappa shape index (κ1) is 19.9. The van der Waals surface area contributed by atoms with Gasteiger partial charge in [-0.05, 0) is 56.7 Å². The predicted molar refractivity (Wildman–Crippen MR) is 113 cm³/mol. The topological polar surface area (TPSA) is 74.3 Å². The normalized spacial score (nSPS) is 11.1. The van der Waals surface area contributed by atoms with Gasteiger partial charge in [-0.25, -0.2) is 8.42 Å². The van der Waals surface area contributed by atoms with Crippen molar-refractivity contribution in [2.24, 2.45) is 0 Å². The molecule has 0 atom stereocenters. The van der Waals surface area contributed by atoms with Gasteiger partial charge in [-0.1, -0.05) is 41.6 Å². The lowest BCUT2D eigenvalue weighted by atomic mass is 10.1. The second kappa shape index (κ2) is 8.05. The van der Waals surface area contributed by atoms with Crippen LogP contribution in [0.1, 0.15) is 16.7 Å². The lowest BCUT2D eigenvalue weighted by Crippen LogP contribution is -2.13. The zero-order chi connectivity index (χ0) is 20.3. The summed E-state index contributed by atoms with van der Waals surface area (Å²) in [4.78, 5) is 5.26. The zero-order valence-electron chi connectivity index (χ0n) is 15.8. The smallest absolute Gasteiger partial charge is 0.278 e. The molecule has 0 aliphatic rings. The third-order valence-corrected chi connectivity index (χ3v) is 6.90. The van der Waals surface area contributed by atoms with E-state index in [0.29, 0.717) is 11.4 Å². The summed E-state index contributed by atoms with van der Waals surface area (Å²) in [6.45, 7) is 5.70. The van der Waals surface area contributed by atoms with Gasteiger partial charge in [-0.3, -0.25) is 4.72 Å². The number of hydrogen-bond donors (Lipinski definition) is 1. The van der Waals surface area contributed by atoms with E-state index in [-0.39, 0.29) is 4.90 Å². The molecule has 28 heavy (non-hydrogen) atoms. The molecule has 0 aliphatic heterocycles. The summed E-state index contributed by atoms with van der Waals surface area (Å²) < 4.78 is 28.2. The SMILES string of the molecule is Cc1ccc(S(=O)(=O)Nc2ccccc2Sc2cc(C)c([N+]#N)cc2C)cc1. The first-order chi connectivity index (χ1) is 13.3. The van der Waals surface area contributed by atoms with E-state index in [0.717, 1.165) is 26.5 Å². The van der Waals surface area contributed by atoms with Crippen molar-refractivity contribution in [2.75, 3.05) is 4.72 Å². The summed E-state index contributed by atoms with van der Waals surface area (Å²) in [5, 5.41) is 9.06. The highest BCUT2D eigenvalue weighted by Gasteiger charge is 2.18. The molecule has 1 N–H and O–H groups in total. The molecule has 3 rings (SSSR count). The Kier molecular flexibility index (Phi) is 5.73. The highest BCUT2D eigenvalue weighted by molar-refractivity contribution is 7.99. The monoisotopic (exact) mass is 410 g/mol. The van der Waals surface area contributed by atoms with Gasteiger partial charge in [0.1, 0.15) is 0 Å². The van der Waals surface area contributed by atoms with Crippen molar-refractivity contribution >= 4 is 33.2 Å². The fourth-order valence-electron chi connectivity index (χ4n) is 2.67. The third kappa shape index (κ3) is 4.35. The van der Waals surface area contributed by atoms with Crippen molar-refractivity contribution in [3.63, 3.8) is 0 Å². The fourth-order valence-corrected chi connectivity index (χ4v) is 4.88. The minimum absolute atomic E-state index is 0.221. The van der Waals surface area contributed by atoms with Gasteiger partial charge < -0.3 is 0 Å². The first-order valence-corrected chi connectivity index (χ1v) is 10.9. The standard InChI is InChI=1S/C21H20N3O2S2/c1-14-8-10-17(11-9-14)28(25,26)24-18-6-4-5-7-20(18)27-21-13-15(2)19(23-22)12-16(21)3/h4-13,24H,1-3H3/q+1. The van der Waals surface area contributed by atoms with Crippen LogP contribution in [0.5, 0.6) is 0 Å². The van der Waals surface area contributed by atoms with E-state index in [4.69, 9.17) is 5.39 Å². The number of hydrogen-bond acceptors (Lipinski definition) is 4. The summed E-state index contributed by atoms with van der Waals surface area (Å²) in [7, 11) is -3.69. The van der Waals surface area contributed by atoms with E-state index in [9.17, 15) is 8.42 Å². The van der Waals surface area contributed by atoms with E-state index in [1.165, 1.54) is 11.8 Å². The van der Waals surface area contributed by atoms with Crippen LogP contribution in [0.25, 0.3) is 4.98 Å². The van der Waals surface area contributed by atoms with Gasteiger partial charge in [0.05, 0.1) is 10.6 Å². The second-order valence-corrected chi connectivity index (χ2v) is 9.29. The molecule has 0 fully saturated rings. The number of anilines is 1. The molecule has 0 spiro atoms. The maximum Gasteiger partial charge on any atom is 0.388 e. The number of para-hydroxylation sites is 1. The van der Waals surface area contributed by atoms with Crippen molar-refractivity contribution in [2.45, 2.75) is 35.5 Å². The second-order valence-electron chi connectivity index (χ2n) is 6.52. The van der Waals surface area contributed by atoms with Crippen LogP contribution in [0.3, 0.4) is 0 Å². The minimum atomic E-state index is -3.69. The summed E-state index contributed by atoms with van der Waals surface area (Å²) in [5.41, 5.74) is 3.82. The maximum atomic E-state index is 12.8. The largest absolute Gasteiger partial charge is 0.388 e. The molecule has 0 saturated heterocycles. The van der Waals surface area contributed by atoms with Crippen LogP contribution >= 0.6 is 11.8 Å². The van der Waals surface area contributed by atoms with Crippen LogP contribution in [0, 0.1) is 26.2 Å². The summed E-state index contributed by atoms with van der Waals surface area (Å²) in [6, 6.07) is 17.7. The molecule has 0 saturated carbocycles. The van der Waals surface area contributed by atoms with Crippen LogP contribution < -0.4 is 4.72 Å².